The van der Waals surface area contributed by atoms with E-state index in [1.54, 1.807) is 22.0 Å². The molecule has 1 N–H and O–H groups in total. The van der Waals surface area contributed by atoms with Crippen molar-refractivity contribution in [2.45, 2.75) is 44.4 Å². The number of rotatable bonds is 8. The van der Waals surface area contributed by atoms with E-state index in [4.69, 9.17) is 0 Å². The number of hydrogen-bond donors (Lipinski definition) is 1. The van der Waals surface area contributed by atoms with E-state index in [1.807, 2.05) is 42.6 Å². The molecule has 1 amide bonds. The number of fused-ring (bicyclic) bond motifs is 1. The van der Waals surface area contributed by atoms with Crippen molar-refractivity contribution in [2.24, 2.45) is 0 Å². The number of benzene rings is 1. The second kappa shape index (κ2) is 9.19. The molecule has 0 bridgehead atoms. The maximum absolute atomic E-state index is 12.8. The first-order chi connectivity index (χ1) is 13.1. The molecule has 0 aliphatic carbocycles. The maximum atomic E-state index is 12.8. The summed E-state index contributed by atoms with van der Waals surface area (Å²) >= 11 is 2.94. The number of nitrogens with zero attached hydrogens (tertiary/aromatic N) is 2. The number of amides is 1. The maximum Gasteiger partial charge on any atom is 0.262 e. The lowest BCUT2D eigenvalue weighted by Gasteiger charge is -2.14. The van der Waals surface area contributed by atoms with Gasteiger partial charge in [-0.25, -0.2) is 4.98 Å². The van der Waals surface area contributed by atoms with Crippen molar-refractivity contribution in [2.75, 3.05) is 5.75 Å². The highest BCUT2D eigenvalue weighted by molar-refractivity contribution is 7.99. The molecule has 0 radical (unpaired) electrons. The smallest absolute Gasteiger partial charge is 0.262 e. The fourth-order valence-corrected chi connectivity index (χ4v) is 4.36. The van der Waals surface area contributed by atoms with E-state index in [0.717, 1.165) is 17.7 Å². The van der Waals surface area contributed by atoms with Crippen LogP contribution in [0.1, 0.15) is 37.6 Å². The molecule has 0 saturated carbocycles. The summed E-state index contributed by atoms with van der Waals surface area (Å²) in [6.07, 6.45) is 1.89. The van der Waals surface area contributed by atoms with Gasteiger partial charge in [0, 0.05) is 11.4 Å². The standard InChI is InChI=1S/C20H23N3O2S2/c1-3-4-11-23-19(25)15-8-5-6-9-16(15)22-20(23)27-13-18(24)21-14(2)17-10-7-12-26-17/h5-10,12,14H,3-4,11,13H2,1-2H3,(H,21,24)/t14-/m1/s1. The molecular weight excluding hydrogens is 378 g/mol. The predicted octanol–water partition coefficient (Wildman–Crippen LogP) is 4.23. The summed E-state index contributed by atoms with van der Waals surface area (Å²) in [4.78, 5) is 31.0. The second-order valence-electron chi connectivity index (χ2n) is 6.32. The molecular formula is C20H23N3O2S2. The van der Waals surface area contributed by atoms with Crippen LogP contribution in [0.5, 0.6) is 0 Å². The molecule has 0 unspecified atom stereocenters. The fraction of sp³-hybridized carbons (Fsp3) is 0.350. The van der Waals surface area contributed by atoms with Crippen LogP contribution in [-0.2, 0) is 11.3 Å². The molecule has 5 nitrogen and oxygen atoms in total. The second-order valence-corrected chi connectivity index (χ2v) is 8.24. The van der Waals surface area contributed by atoms with Crippen LogP contribution in [0.4, 0.5) is 0 Å². The highest BCUT2D eigenvalue weighted by Gasteiger charge is 2.15. The first kappa shape index (κ1) is 19.6. The van der Waals surface area contributed by atoms with Gasteiger partial charge in [-0.3, -0.25) is 14.2 Å². The monoisotopic (exact) mass is 401 g/mol. The van der Waals surface area contributed by atoms with E-state index in [1.165, 1.54) is 11.8 Å². The summed E-state index contributed by atoms with van der Waals surface area (Å²) < 4.78 is 1.70. The zero-order valence-electron chi connectivity index (χ0n) is 15.5. The summed E-state index contributed by atoms with van der Waals surface area (Å²) in [7, 11) is 0. The lowest BCUT2D eigenvalue weighted by molar-refractivity contribution is -0.119. The van der Waals surface area contributed by atoms with Crippen molar-refractivity contribution < 1.29 is 4.79 Å². The highest BCUT2D eigenvalue weighted by Crippen LogP contribution is 2.20. The van der Waals surface area contributed by atoms with Gasteiger partial charge in [-0.15, -0.1) is 11.3 Å². The molecule has 0 saturated heterocycles. The van der Waals surface area contributed by atoms with Gasteiger partial charge in [0.2, 0.25) is 5.91 Å². The predicted molar refractivity (Wildman–Crippen MR) is 113 cm³/mol. The Labute approximate surface area is 166 Å². The van der Waals surface area contributed by atoms with Crippen molar-refractivity contribution in [1.82, 2.24) is 14.9 Å². The number of unbranched alkanes of at least 4 members (excludes halogenated alkanes) is 1. The van der Waals surface area contributed by atoms with Crippen molar-refractivity contribution in [3.8, 4) is 0 Å². The summed E-state index contributed by atoms with van der Waals surface area (Å²) in [6.45, 7) is 4.67. The van der Waals surface area contributed by atoms with Gasteiger partial charge in [-0.05, 0) is 36.9 Å². The van der Waals surface area contributed by atoms with Crippen LogP contribution in [-0.4, -0.2) is 21.2 Å². The minimum Gasteiger partial charge on any atom is -0.348 e. The molecule has 3 aromatic rings. The third kappa shape index (κ3) is 4.78. The third-order valence-corrected chi connectivity index (χ3v) is 6.27. The summed E-state index contributed by atoms with van der Waals surface area (Å²) in [5, 5.41) is 6.22. The molecule has 2 heterocycles. The molecule has 0 aliphatic rings. The summed E-state index contributed by atoms with van der Waals surface area (Å²) in [5.74, 6) is 0.164. The van der Waals surface area contributed by atoms with Gasteiger partial charge in [-0.2, -0.15) is 0 Å². The third-order valence-electron chi connectivity index (χ3n) is 4.24. The molecule has 0 spiro atoms. The summed E-state index contributed by atoms with van der Waals surface area (Å²) in [5.41, 5.74) is 0.633. The highest BCUT2D eigenvalue weighted by atomic mass is 32.2. The van der Waals surface area contributed by atoms with Gasteiger partial charge in [0.15, 0.2) is 5.16 Å². The van der Waals surface area contributed by atoms with E-state index in [2.05, 4.69) is 17.2 Å². The van der Waals surface area contributed by atoms with Gasteiger partial charge < -0.3 is 5.32 Å². The summed E-state index contributed by atoms with van der Waals surface area (Å²) in [6, 6.07) is 11.3. The van der Waals surface area contributed by atoms with Crippen molar-refractivity contribution in [1.29, 1.82) is 0 Å². The Hall–Kier alpha value is -2.12. The van der Waals surface area contributed by atoms with Crippen LogP contribution in [0.2, 0.25) is 0 Å². The zero-order valence-corrected chi connectivity index (χ0v) is 17.1. The minimum atomic E-state index is -0.0645. The topological polar surface area (TPSA) is 64.0 Å². The Morgan fingerprint density at radius 1 is 1.30 bits per heavy atom. The number of carbonyl (C=O) groups is 1. The van der Waals surface area contributed by atoms with Crippen molar-refractivity contribution >= 4 is 39.9 Å². The minimum absolute atomic E-state index is 0.0232. The number of thiophene rings is 1. The van der Waals surface area contributed by atoms with Crippen LogP contribution in [0.3, 0.4) is 0 Å². The van der Waals surface area contributed by atoms with Crippen LogP contribution >= 0.6 is 23.1 Å². The number of para-hydroxylation sites is 1. The van der Waals surface area contributed by atoms with Gasteiger partial charge in [0.25, 0.3) is 5.56 Å². The molecule has 0 fully saturated rings. The normalized spacial score (nSPS) is 12.2. The van der Waals surface area contributed by atoms with Gasteiger partial charge >= 0.3 is 0 Å². The number of carbonyl (C=O) groups excluding carboxylic acids is 1. The molecule has 3 rings (SSSR count). The largest absolute Gasteiger partial charge is 0.348 e. The lowest BCUT2D eigenvalue weighted by atomic mass is 10.2. The molecule has 0 aliphatic heterocycles. The Morgan fingerprint density at radius 3 is 2.85 bits per heavy atom. The van der Waals surface area contributed by atoms with Crippen LogP contribution < -0.4 is 10.9 Å². The van der Waals surface area contributed by atoms with E-state index in [-0.39, 0.29) is 23.3 Å². The Balaban J connectivity index is 1.76. The average Bonchev–Trinajstić information content (AvgIpc) is 3.21. The average molecular weight is 402 g/mol. The number of thioether (sulfide) groups is 1. The number of hydrogen-bond acceptors (Lipinski definition) is 5. The first-order valence-corrected chi connectivity index (χ1v) is 10.9. The lowest BCUT2D eigenvalue weighted by Crippen LogP contribution is -2.28. The molecule has 7 heteroatoms. The Morgan fingerprint density at radius 2 is 2.11 bits per heavy atom. The van der Waals surface area contributed by atoms with Crippen LogP contribution in [0.25, 0.3) is 10.9 Å². The molecule has 1 atom stereocenters. The quantitative estimate of drug-likeness (QED) is 0.453. The molecule has 2 aromatic heterocycles. The molecule has 27 heavy (non-hydrogen) atoms. The molecule has 142 valence electrons. The van der Waals surface area contributed by atoms with Crippen molar-refractivity contribution in [3.63, 3.8) is 0 Å². The van der Waals surface area contributed by atoms with E-state index in [9.17, 15) is 9.59 Å². The zero-order chi connectivity index (χ0) is 19.2. The van der Waals surface area contributed by atoms with E-state index in [0.29, 0.717) is 22.6 Å². The van der Waals surface area contributed by atoms with Crippen LogP contribution in [0, 0.1) is 0 Å². The van der Waals surface area contributed by atoms with Gasteiger partial charge in [-0.1, -0.05) is 43.3 Å². The van der Waals surface area contributed by atoms with Crippen molar-refractivity contribution in [3.05, 3.63) is 57.0 Å². The number of nitrogens with one attached hydrogen (secondary N) is 1. The SMILES string of the molecule is CCCCn1c(SCC(=O)N[C@H](C)c2cccs2)nc2ccccc2c1=O. The fourth-order valence-electron chi connectivity index (χ4n) is 2.79. The van der Waals surface area contributed by atoms with E-state index < -0.39 is 0 Å². The Bertz CT molecular complexity index is 967. The molecule has 1 aromatic carbocycles. The van der Waals surface area contributed by atoms with Crippen LogP contribution in [0.15, 0.2) is 51.7 Å². The number of aromatic nitrogens is 2. The van der Waals surface area contributed by atoms with Gasteiger partial charge in [0.1, 0.15) is 0 Å². The first-order valence-electron chi connectivity index (χ1n) is 9.05. The Kier molecular flexibility index (Phi) is 6.68. The van der Waals surface area contributed by atoms with E-state index >= 15 is 0 Å². The van der Waals surface area contributed by atoms with Gasteiger partial charge in [0.05, 0.1) is 22.7 Å².